The van der Waals surface area contributed by atoms with Crippen molar-refractivity contribution < 1.29 is 19.3 Å². The number of fused-ring (bicyclic) bond motifs is 2. The number of aryl methyl sites for hydroxylation is 2. The number of rotatable bonds is 10. The number of aliphatic hydroxyl groups is 1. The molecule has 1 unspecified atom stereocenters. The average molecular weight is 491 g/mol. The van der Waals surface area contributed by atoms with Gasteiger partial charge in [0.25, 0.3) is 5.56 Å². The lowest BCUT2D eigenvalue weighted by molar-refractivity contribution is 0.218. The highest BCUT2D eigenvalue weighted by atomic mass is 16.5. The first kappa shape index (κ1) is 25.5. The molecule has 0 aliphatic carbocycles. The standard InChI is InChI=1S/C29H34N2O5/c1-6-8-10-24-21(14-17-13-18(34-3)11-12-22(17)30-24)28(32)27-20-16-26(36-5)25(35-4)15-19(20)23(9-7-2)31-29(27)33/h11-16,28,32H,6-10H2,1-5H3,(H,31,33). The third-order valence-corrected chi connectivity index (χ3v) is 6.62. The van der Waals surface area contributed by atoms with Crippen molar-refractivity contribution in [2.45, 2.75) is 52.1 Å². The number of hydrogen-bond acceptors (Lipinski definition) is 6. The fourth-order valence-electron chi connectivity index (χ4n) is 4.74. The molecule has 0 amide bonds. The van der Waals surface area contributed by atoms with E-state index in [-0.39, 0.29) is 11.1 Å². The van der Waals surface area contributed by atoms with Gasteiger partial charge >= 0.3 is 0 Å². The van der Waals surface area contributed by atoms with Gasteiger partial charge in [-0.25, -0.2) is 0 Å². The first-order chi connectivity index (χ1) is 17.4. The Balaban J connectivity index is 2.00. The van der Waals surface area contributed by atoms with E-state index in [1.165, 1.54) is 0 Å². The van der Waals surface area contributed by atoms with Crippen LogP contribution in [0.15, 0.2) is 41.2 Å². The number of nitrogens with one attached hydrogen (secondary N) is 1. The second kappa shape index (κ2) is 11.0. The maximum Gasteiger partial charge on any atom is 0.254 e. The number of aromatic nitrogens is 2. The number of ether oxygens (including phenoxy) is 3. The minimum Gasteiger partial charge on any atom is -0.497 e. The Kier molecular flexibility index (Phi) is 7.79. The van der Waals surface area contributed by atoms with Gasteiger partial charge in [0.15, 0.2) is 11.5 Å². The Morgan fingerprint density at radius 3 is 2.28 bits per heavy atom. The second-order valence-corrected chi connectivity index (χ2v) is 8.94. The topological polar surface area (TPSA) is 93.7 Å². The second-order valence-electron chi connectivity index (χ2n) is 8.94. The molecule has 2 N–H and O–H groups in total. The molecular formula is C29H34N2O5. The molecule has 4 aromatic rings. The maximum absolute atomic E-state index is 13.5. The van der Waals surface area contributed by atoms with Gasteiger partial charge in [-0.2, -0.15) is 0 Å². The van der Waals surface area contributed by atoms with Crippen molar-refractivity contribution in [1.29, 1.82) is 0 Å². The number of nitrogens with zero attached hydrogens (tertiary/aromatic N) is 1. The van der Waals surface area contributed by atoms with Crippen LogP contribution in [-0.2, 0) is 12.8 Å². The zero-order valence-electron chi connectivity index (χ0n) is 21.6. The van der Waals surface area contributed by atoms with Crippen molar-refractivity contribution in [3.8, 4) is 17.2 Å². The van der Waals surface area contributed by atoms with Gasteiger partial charge in [0.1, 0.15) is 11.9 Å². The number of pyridine rings is 2. The summed E-state index contributed by atoms with van der Waals surface area (Å²) in [7, 11) is 4.76. The Bertz CT molecular complexity index is 1440. The molecule has 0 fully saturated rings. The Hall–Kier alpha value is -3.58. The van der Waals surface area contributed by atoms with E-state index in [9.17, 15) is 9.90 Å². The molecule has 0 saturated heterocycles. The van der Waals surface area contributed by atoms with Gasteiger partial charge in [-0.15, -0.1) is 0 Å². The number of unbranched alkanes of at least 4 members (excludes halogenated alkanes) is 1. The highest BCUT2D eigenvalue weighted by Crippen LogP contribution is 2.38. The van der Waals surface area contributed by atoms with Gasteiger partial charge in [0.2, 0.25) is 0 Å². The minimum absolute atomic E-state index is 0.271. The molecule has 190 valence electrons. The van der Waals surface area contributed by atoms with E-state index >= 15 is 0 Å². The van der Waals surface area contributed by atoms with E-state index in [1.54, 1.807) is 27.4 Å². The number of aromatic amines is 1. The highest BCUT2D eigenvalue weighted by molar-refractivity contribution is 5.91. The summed E-state index contributed by atoms with van der Waals surface area (Å²) < 4.78 is 16.5. The van der Waals surface area contributed by atoms with Crippen LogP contribution in [0.2, 0.25) is 0 Å². The van der Waals surface area contributed by atoms with Crippen LogP contribution in [0.25, 0.3) is 21.7 Å². The number of hydrogen-bond donors (Lipinski definition) is 2. The maximum atomic E-state index is 13.5. The number of benzene rings is 2. The smallest absolute Gasteiger partial charge is 0.254 e. The average Bonchev–Trinajstić information content (AvgIpc) is 2.90. The van der Waals surface area contributed by atoms with Gasteiger partial charge in [0, 0.05) is 27.7 Å². The summed E-state index contributed by atoms with van der Waals surface area (Å²) in [5, 5.41) is 14.1. The van der Waals surface area contributed by atoms with Crippen molar-refractivity contribution in [2.24, 2.45) is 0 Å². The molecule has 7 heteroatoms. The third kappa shape index (κ3) is 4.75. The lowest BCUT2D eigenvalue weighted by Gasteiger charge is -2.20. The predicted octanol–water partition coefficient (Wildman–Crippen LogP) is 5.48. The van der Waals surface area contributed by atoms with Crippen LogP contribution in [0, 0.1) is 0 Å². The number of H-pyrrole nitrogens is 1. The minimum atomic E-state index is -1.18. The quantitative estimate of drug-likeness (QED) is 0.306. The van der Waals surface area contributed by atoms with E-state index < -0.39 is 6.10 Å². The summed E-state index contributed by atoms with van der Waals surface area (Å²) >= 11 is 0. The van der Waals surface area contributed by atoms with E-state index in [4.69, 9.17) is 19.2 Å². The molecule has 2 aromatic heterocycles. The largest absolute Gasteiger partial charge is 0.497 e. The molecule has 0 aliphatic heterocycles. The van der Waals surface area contributed by atoms with E-state index in [1.807, 2.05) is 30.3 Å². The first-order valence-electron chi connectivity index (χ1n) is 12.4. The normalized spacial score (nSPS) is 12.2. The summed E-state index contributed by atoms with van der Waals surface area (Å²) in [5.41, 5.74) is 2.98. The van der Waals surface area contributed by atoms with Crippen LogP contribution in [-0.4, -0.2) is 36.4 Å². The summed E-state index contributed by atoms with van der Waals surface area (Å²) in [6.45, 7) is 4.18. The lowest BCUT2D eigenvalue weighted by atomic mass is 9.92. The first-order valence-corrected chi connectivity index (χ1v) is 12.4. The van der Waals surface area contributed by atoms with Gasteiger partial charge in [-0.1, -0.05) is 26.7 Å². The lowest BCUT2D eigenvalue weighted by Crippen LogP contribution is -2.21. The summed E-state index contributed by atoms with van der Waals surface area (Å²) in [5.74, 6) is 1.77. The van der Waals surface area contributed by atoms with Gasteiger partial charge in [0.05, 0.1) is 32.4 Å². The molecule has 0 spiro atoms. The zero-order valence-corrected chi connectivity index (χ0v) is 21.6. The molecule has 1 atom stereocenters. The van der Waals surface area contributed by atoms with Gasteiger partial charge in [-0.05, 0) is 61.0 Å². The monoisotopic (exact) mass is 490 g/mol. The fraction of sp³-hybridized carbons (Fsp3) is 0.379. The van der Waals surface area contributed by atoms with Crippen LogP contribution in [0.1, 0.15) is 61.7 Å². The Morgan fingerprint density at radius 2 is 1.64 bits per heavy atom. The predicted molar refractivity (Wildman–Crippen MR) is 143 cm³/mol. The molecule has 4 rings (SSSR count). The van der Waals surface area contributed by atoms with Crippen molar-refractivity contribution in [3.05, 3.63) is 69.3 Å². The van der Waals surface area contributed by atoms with Crippen LogP contribution in [0.5, 0.6) is 17.2 Å². The summed E-state index contributed by atoms with van der Waals surface area (Å²) in [4.78, 5) is 21.4. The van der Waals surface area contributed by atoms with Crippen LogP contribution in [0.3, 0.4) is 0 Å². The van der Waals surface area contributed by atoms with Crippen molar-refractivity contribution in [3.63, 3.8) is 0 Å². The van der Waals surface area contributed by atoms with Crippen molar-refractivity contribution >= 4 is 21.7 Å². The van der Waals surface area contributed by atoms with E-state index in [2.05, 4.69) is 18.8 Å². The summed E-state index contributed by atoms with van der Waals surface area (Å²) in [6, 6.07) is 11.3. The van der Waals surface area contributed by atoms with Gasteiger partial charge < -0.3 is 24.3 Å². The number of aliphatic hydroxyl groups excluding tert-OH is 1. The molecule has 7 nitrogen and oxygen atoms in total. The van der Waals surface area contributed by atoms with Crippen LogP contribution < -0.4 is 19.8 Å². The fourth-order valence-corrected chi connectivity index (χ4v) is 4.74. The van der Waals surface area contributed by atoms with E-state index in [0.29, 0.717) is 41.0 Å². The van der Waals surface area contributed by atoms with Gasteiger partial charge in [-0.3, -0.25) is 9.78 Å². The van der Waals surface area contributed by atoms with Crippen LogP contribution >= 0.6 is 0 Å². The molecule has 2 heterocycles. The third-order valence-electron chi connectivity index (χ3n) is 6.62. The number of methoxy groups -OCH3 is 3. The summed E-state index contributed by atoms with van der Waals surface area (Å²) in [6.07, 6.45) is 2.98. The Morgan fingerprint density at radius 1 is 0.917 bits per heavy atom. The molecule has 0 saturated carbocycles. The van der Waals surface area contributed by atoms with E-state index in [0.717, 1.165) is 46.9 Å². The molecule has 2 aromatic carbocycles. The molecule has 36 heavy (non-hydrogen) atoms. The molecule has 0 bridgehead atoms. The SMILES string of the molecule is CCCCc1nc2ccc(OC)cc2cc1C(O)c1c(=O)[nH]c(CCC)c2cc(OC)c(OC)cc12. The van der Waals surface area contributed by atoms with Crippen molar-refractivity contribution in [2.75, 3.05) is 21.3 Å². The molecule has 0 aliphatic rings. The highest BCUT2D eigenvalue weighted by Gasteiger charge is 2.25. The van der Waals surface area contributed by atoms with Crippen molar-refractivity contribution in [1.82, 2.24) is 9.97 Å². The Labute approximate surface area is 211 Å². The molecule has 0 radical (unpaired) electrons. The zero-order chi connectivity index (χ0) is 25.8. The molecular weight excluding hydrogens is 456 g/mol. The van der Waals surface area contributed by atoms with Crippen LogP contribution in [0.4, 0.5) is 0 Å².